The molecule has 0 amide bonds. The van der Waals surface area contributed by atoms with Crippen molar-refractivity contribution in [2.75, 3.05) is 0 Å². The van der Waals surface area contributed by atoms with Crippen LogP contribution in [0.4, 0.5) is 13.2 Å². The molecular weight excluding hydrogens is 233 g/mol. The highest BCUT2D eigenvalue weighted by atomic mass is 19.4. The summed E-state index contributed by atoms with van der Waals surface area (Å²) < 4.78 is 38.1. The second-order valence-corrected chi connectivity index (χ2v) is 4.36. The monoisotopic (exact) mass is 250 g/mol. The molecule has 4 nitrogen and oxygen atoms in total. The van der Waals surface area contributed by atoms with E-state index in [9.17, 15) is 13.2 Å². The molecule has 1 aromatic heterocycles. The number of nitrogens with zero attached hydrogens (tertiary/aromatic N) is 3. The minimum Gasteiger partial charge on any atom is -0.324 e. The summed E-state index contributed by atoms with van der Waals surface area (Å²) in [5, 5.41) is 7.59. The lowest BCUT2D eigenvalue weighted by molar-refractivity contribution is -0.134. The molecule has 0 fully saturated rings. The Morgan fingerprint density at radius 2 is 1.82 bits per heavy atom. The second-order valence-electron chi connectivity index (χ2n) is 4.36. The maximum Gasteiger partial charge on any atom is 0.389 e. The zero-order chi connectivity index (χ0) is 13.1. The van der Waals surface area contributed by atoms with Crippen LogP contribution < -0.4 is 5.73 Å². The molecule has 0 unspecified atom stereocenters. The average molecular weight is 250 g/mol. The van der Waals surface area contributed by atoms with Crippen molar-refractivity contribution in [3.63, 3.8) is 0 Å². The van der Waals surface area contributed by atoms with Crippen molar-refractivity contribution in [2.24, 2.45) is 11.7 Å². The van der Waals surface area contributed by atoms with Gasteiger partial charge < -0.3 is 10.3 Å². The van der Waals surface area contributed by atoms with Gasteiger partial charge in [-0.15, -0.1) is 10.2 Å². The molecule has 0 aliphatic heterocycles. The van der Waals surface area contributed by atoms with E-state index in [0.29, 0.717) is 24.1 Å². The van der Waals surface area contributed by atoms with Gasteiger partial charge in [0.2, 0.25) is 0 Å². The standard InChI is InChI=1S/C10H17F3N4/c1-7(2)6-17-8(3-4-10(11,12)13)15-16-9(17)5-14/h7H,3-6,14H2,1-2H3. The normalized spacial score (nSPS) is 12.4. The molecule has 1 aromatic rings. The molecule has 1 rings (SSSR count). The predicted octanol–water partition coefficient (Wildman–Crippen LogP) is 1.89. The van der Waals surface area contributed by atoms with Gasteiger partial charge in [-0.1, -0.05) is 13.8 Å². The molecule has 1 heterocycles. The van der Waals surface area contributed by atoms with Crippen LogP contribution in [0, 0.1) is 5.92 Å². The Morgan fingerprint density at radius 1 is 1.24 bits per heavy atom. The van der Waals surface area contributed by atoms with Gasteiger partial charge in [0.1, 0.15) is 11.6 Å². The van der Waals surface area contributed by atoms with Crippen molar-refractivity contribution in [1.82, 2.24) is 14.8 Å². The number of alkyl halides is 3. The van der Waals surface area contributed by atoms with Crippen LogP contribution in [0.2, 0.25) is 0 Å². The van der Waals surface area contributed by atoms with Gasteiger partial charge in [0, 0.05) is 13.0 Å². The molecule has 0 spiro atoms. The Kier molecular flexibility index (Phi) is 4.50. The summed E-state index contributed by atoms with van der Waals surface area (Å²) in [5.41, 5.74) is 5.48. The molecule has 0 saturated carbocycles. The van der Waals surface area contributed by atoms with E-state index in [2.05, 4.69) is 10.2 Å². The highest BCUT2D eigenvalue weighted by Gasteiger charge is 2.28. The van der Waals surface area contributed by atoms with Crippen LogP contribution in [-0.2, 0) is 19.5 Å². The highest BCUT2D eigenvalue weighted by molar-refractivity contribution is 4.96. The van der Waals surface area contributed by atoms with Crippen LogP contribution in [0.15, 0.2) is 0 Å². The third-order valence-electron chi connectivity index (χ3n) is 2.27. The van der Waals surface area contributed by atoms with Gasteiger partial charge >= 0.3 is 6.18 Å². The summed E-state index contributed by atoms with van der Waals surface area (Å²) in [5.74, 6) is 1.20. The topological polar surface area (TPSA) is 56.7 Å². The molecule has 0 aliphatic rings. The highest BCUT2D eigenvalue weighted by Crippen LogP contribution is 2.22. The Balaban J connectivity index is 2.80. The summed E-state index contributed by atoms with van der Waals surface area (Å²) >= 11 is 0. The first-order chi connectivity index (χ1) is 7.83. The Hall–Kier alpha value is -1.11. The van der Waals surface area contributed by atoms with Crippen LogP contribution in [0.1, 0.15) is 31.9 Å². The SMILES string of the molecule is CC(C)Cn1c(CN)nnc1CCC(F)(F)F. The molecule has 0 saturated heterocycles. The van der Waals surface area contributed by atoms with Crippen molar-refractivity contribution in [3.05, 3.63) is 11.6 Å². The summed E-state index contributed by atoms with van der Waals surface area (Å²) in [7, 11) is 0. The Labute approximate surface area is 98.0 Å². The van der Waals surface area contributed by atoms with E-state index < -0.39 is 12.6 Å². The Morgan fingerprint density at radius 3 is 2.29 bits per heavy atom. The van der Waals surface area contributed by atoms with Crippen molar-refractivity contribution < 1.29 is 13.2 Å². The zero-order valence-corrected chi connectivity index (χ0v) is 9.96. The van der Waals surface area contributed by atoms with E-state index in [1.165, 1.54) is 0 Å². The van der Waals surface area contributed by atoms with Gasteiger partial charge in [-0.2, -0.15) is 13.2 Å². The van der Waals surface area contributed by atoms with Gasteiger partial charge in [0.25, 0.3) is 0 Å². The van der Waals surface area contributed by atoms with E-state index >= 15 is 0 Å². The van der Waals surface area contributed by atoms with Gasteiger partial charge in [0.05, 0.1) is 13.0 Å². The summed E-state index contributed by atoms with van der Waals surface area (Å²) in [4.78, 5) is 0. The predicted molar refractivity (Wildman–Crippen MR) is 57.1 cm³/mol. The molecule has 0 aromatic carbocycles. The lowest BCUT2D eigenvalue weighted by Crippen LogP contribution is -2.16. The maximum atomic E-state index is 12.1. The molecule has 2 N–H and O–H groups in total. The van der Waals surface area contributed by atoms with E-state index in [0.717, 1.165) is 0 Å². The van der Waals surface area contributed by atoms with Crippen molar-refractivity contribution in [2.45, 2.75) is 46.0 Å². The lowest BCUT2D eigenvalue weighted by atomic mass is 10.2. The first-order valence-corrected chi connectivity index (χ1v) is 5.51. The van der Waals surface area contributed by atoms with Crippen LogP contribution >= 0.6 is 0 Å². The first kappa shape index (κ1) is 14.0. The number of hydrogen-bond acceptors (Lipinski definition) is 3. The molecule has 0 bridgehead atoms. The second kappa shape index (κ2) is 5.48. The molecule has 0 atom stereocenters. The van der Waals surface area contributed by atoms with Gasteiger partial charge in [-0.3, -0.25) is 0 Å². The third kappa shape index (κ3) is 4.33. The zero-order valence-electron chi connectivity index (χ0n) is 9.96. The lowest BCUT2D eigenvalue weighted by Gasteiger charge is -2.12. The van der Waals surface area contributed by atoms with Crippen molar-refractivity contribution >= 4 is 0 Å². The largest absolute Gasteiger partial charge is 0.389 e. The Bertz CT molecular complexity index is 357. The number of halogens is 3. The smallest absolute Gasteiger partial charge is 0.324 e. The first-order valence-electron chi connectivity index (χ1n) is 5.51. The van der Waals surface area contributed by atoms with Crippen molar-refractivity contribution in [3.8, 4) is 0 Å². The van der Waals surface area contributed by atoms with E-state index in [4.69, 9.17) is 5.73 Å². The summed E-state index contributed by atoms with van der Waals surface area (Å²) in [6, 6.07) is 0. The fourth-order valence-corrected chi connectivity index (χ4v) is 1.54. The quantitative estimate of drug-likeness (QED) is 0.868. The summed E-state index contributed by atoms with van der Waals surface area (Å²) in [6.07, 6.45) is -5.20. The van der Waals surface area contributed by atoms with Gasteiger partial charge in [0.15, 0.2) is 0 Å². The molecule has 7 heteroatoms. The maximum absolute atomic E-state index is 12.1. The van der Waals surface area contributed by atoms with E-state index in [1.54, 1.807) is 4.57 Å². The molecule has 98 valence electrons. The average Bonchev–Trinajstić information content (AvgIpc) is 2.55. The van der Waals surface area contributed by atoms with E-state index in [1.807, 2.05) is 13.8 Å². The minimum absolute atomic E-state index is 0.150. The van der Waals surface area contributed by atoms with Crippen LogP contribution in [0.3, 0.4) is 0 Å². The van der Waals surface area contributed by atoms with Gasteiger partial charge in [-0.25, -0.2) is 0 Å². The van der Waals surface area contributed by atoms with Crippen LogP contribution in [0.25, 0.3) is 0 Å². The van der Waals surface area contributed by atoms with Crippen LogP contribution in [0.5, 0.6) is 0 Å². The molecule has 17 heavy (non-hydrogen) atoms. The molecule has 0 radical (unpaired) electrons. The number of nitrogens with two attached hydrogens (primary N) is 1. The molecular formula is C10H17F3N4. The van der Waals surface area contributed by atoms with Gasteiger partial charge in [-0.05, 0) is 5.92 Å². The third-order valence-corrected chi connectivity index (χ3v) is 2.27. The van der Waals surface area contributed by atoms with E-state index in [-0.39, 0.29) is 13.0 Å². The fraction of sp³-hybridized carbons (Fsp3) is 0.800. The number of aryl methyl sites for hydroxylation is 1. The summed E-state index contributed by atoms with van der Waals surface area (Å²) in [6.45, 7) is 4.74. The van der Waals surface area contributed by atoms with Crippen molar-refractivity contribution in [1.29, 1.82) is 0 Å². The number of aromatic nitrogens is 3. The number of hydrogen-bond donors (Lipinski definition) is 1. The molecule has 0 aliphatic carbocycles. The fourth-order valence-electron chi connectivity index (χ4n) is 1.54. The van der Waals surface area contributed by atoms with Crippen LogP contribution in [-0.4, -0.2) is 20.9 Å². The number of rotatable bonds is 5. The minimum atomic E-state index is -4.17.